The van der Waals surface area contributed by atoms with Crippen LogP contribution in [0.5, 0.6) is 0 Å². The number of aryl methyl sites for hydroxylation is 1. The maximum atomic E-state index is 12.2. The van der Waals surface area contributed by atoms with Crippen LogP contribution in [0.4, 0.5) is 10.6 Å². The van der Waals surface area contributed by atoms with E-state index >= 15 is 0 Å². The number of carbonyl (C=O) groups is 1. The Kier molecular flexibility index (Phi) is 6.26. The molecule has 0 spiro atoms. The lowest BCUT2D eigenvalue weighted by molar-refractivity contribution is 0.243. The van der Waals surface area contributed by atoms with Crippen molar-refractivity contribution in [3.05, 3.63) is 70.7 Å². The molecule has 0 saturated carbocycles. The van der Waals surface area contributed by atoms with Gasteiger partial charge in [0.2, 0.25) is 0 Å². The molecule has 1 aliphatic heterocycles. The van der Waals surface area contributed by atoms with Gasteiger partial charge in [0.05, 0.1) is 5.71 Å². The number of aromatic nitrogens is 1. The van der Waals surface area contributed by atoms with Crippen molar-refractivity contribution in [2.24, 2.45) is 0 Å². The van der Waals surface area contributed by atoms with E-state index in [-0.39, 0.29) is 17.2 Å². The smallest absolute Gasteiger partial charge is 0.319 e. The Labute approximate surface area is 164 Å². The standard InChI is InChI=1S/C21H25N5O2/c1-14(27)19(18(22)15-6-3-2-4-7-15)26-21(28)24-13-11-17-10-9-16-8-5-12-23-20(16)25-17/h2-4,6-7,9-10,22,27H,5,8,11-13H2,1H3,(H,23,25)(H2,24,26,28)/b19-14+,22-18?. The summed E-state index contributed by atoms with van der Waals surface area (Å²) in [5.41, 5.74) is 2.88. The number of carbonyl (C=O) groups excluding carboxylic acids is 1. The second kappa shape index (κ2) is 9.03. The fourth-order valence-corrected chi connectivity index (χ4v) is 3.05. The van der Waals surface area contributed by atoms with Crippen LogP contribution in [0.15, 0.2) is 53.9 Å². The molecule has 3 rings (SSSR count). The maximum absolute atomic E-state index is 12.2. The molecular formula is C21H25N5O2. The van der Waals surface area contributed by atoms with Crippen molar-refractivity contribution in [2.75, 3.05) is 18.4 Å². The van der Waals surface area contributed by atoms with E-state index in [2.05, 4.69) is 27.0 Å². The first-order valence-electron chi connectivity index (χ1n) is 9.36. The zero-order valence-electron chi connectivity index (χ0n) is 15.9. The number of fused-ring (bicyclic) bond motifs is 1. The molecule has 0 radical (unpaired) electrons. The van der Waals surface area contributed by atoms with Gasteiger partial charge in [0.25, 0.3) is 0 Å². The van der Waals surface area contributed by atoms with E-state index in [0.29, 0.717) is 18.5 Å². The van der Waals surface area contributed by atoms with Crippen molar-refractivity contribution in [1.82, 2.24) is 15.6 Å². The molecule has 7 heteroatoms. The lowest BCUT2D eigenvalue weighted by Crippen LogP contribution is -2.38. The van der Waals surface area contributed by atoms with Gasteiger partial charge in [0.1, 0.15) is 17.3 Å². The van der Waals surface area contributed by atoms with E-state index in [1.165, 1.54) is 12.5 Å². The lowest BCUT2D eigenvalue weighted by atomic mass is 10.1. The van der Waals surface area contributed by atoms with Crippen LogP contribution in [0.3, 0.4) is 0 Å². The first kappa shape index (κ1) is 19.4. The van der Waals surface area contributed by atoms with E-state index in [1.54, 1.807) is 24.3 Å². The molecule has 146 valence electrons. The van der Waals surface area contributed by atoms with Crippen LogP contribution >= 0.6 is 0 Å². The predicted octanol–water partition coefficient (Wildman–Crippen LogP) is 3.14. The minimum Gasteiger partial charge on any atom is -0.510 e. The molecule has 2 heterocycles. The number of nitrogens with one attached hydrogen (secondary N) is 4. The van der Waals surface area contributed by atoms with Gasteiger partial charge in [-0.3, -0.25) is 5.41 Å². The van der Waals surface area contributed by atoms with E-state index in [1.807, 2.05) is 12.1 Å². The molecule has 7 nitrogen and oxygen atoms in total. The molecule has 28 heavy (non-hydrogen) atoms. The second-order valence-corrected chi connectivity index (χ2v) is 6.67. The molecule has 0 bridgehead atoms. The SMILES string of the molecule is C/C(O)=C(\NC(=O)NCCc1ccc2c(n1)NCCC2)C(=N)c1ccccc1. The number of rotatable bonds is 6. The highest BCUT2D eigenvalue weighted by atomic mass is 16.3. The summed E-state index contributed by atoms with van der Waals surface area (Å²) in [6.45, 7) is 2.78. The van der Waals surface area contributed by atoms with Crippen LogP contribution in [0.25, 0.3) is 0 Å². The van der Waals surface area contributed by atoms with Gasteiger partial charge in [-0.2, -0.15) is 0 Å². The van der Waals surface area contributed by atoms with Gasteiger partial charge >= 0.3 is 6.03 Å². The summed E-state index contributed by atoms with van der Waals surface area (Å²) < 4.78 is 0. The number of hydrogen-bond donors (Lipinski definition) is 5. The Morgan fingerprint density at radius 3 is 2.79 bits per heavy atom. The van der Waals surface area contributed by atoms with E-state index in [9.17, 15) is 9.90 Å². The molecule has 2 aromatic rings. The van der Waals surface area contributed by atoms with Crippen LogP contribution in [0, 0.1) is 5.41 Å². The normalized spacial score (nSPS) is 13.6. The van der Waals surface area contributed by atoms with Crippen molar-refractivity contribution in [3.63, 3.8) is 0 Å². The molecule has 0 saturated heterocycles. The Balaban J connectivity index is 1.54. The van der Waals surface area contributed by atoms with E-state index in [4.69, 9.17) is 5.41 Å². The number of nitrogens with zero attached hydrogens (tertiary/aromatic N) is 1. The average molecular weight is 379 g/mol. The van der Waals surface area contributed by atoms with E-state index < -0.39 is 6.03 Å². The minimum atomic E-state index is -0.472. The largest absolute Gasteiger partial charge is 0.510 e. The third kappa shape index (κ3) is 4.88. The number of allylic oxidation sites excluding steroid dienone is 2. The van der Waals surface area contributed by atoms with Crippen LogP contribution < -0.4 is 16.0 Å². The molecule has 0 fully saturated rings. The number of pyridine rings is 1. The molecule has 0 unspecified atom stereocenters. The summed E-state index contributed by atoms with van der Waals surface area (Å²) in [6.07, 6.45) is 2.75. The topological polar surface area (TPSA) is 110 Å². The van der Waals surface area contributed by atoms with Gasteiger partial charge in [-0.05, 0) is 31.4 Å². The quantitative estimate of drug-likeness (QED) is 0.392. The van der Waals surface area contributed by atoms with Gasteiger partial charge in [0.15, 0.2) is 0 Å². The first-order valence-corrected chi connectivity index (χ1v) is 9.36. The Morgan fingerprint density at radius 1 is 1.25 bits per heavy atom. The zero-order chi connectivity index (χ0) is 19.9. The summed E-state index contributed by atoms with van der Waals surface area (Å²) in [7, 11) is 0. The second-order valence-electron chi connectivity index (χ2n) is 6.67. The fourth-order valence-electron chi connectivity index (χ4n) is 3.05. The molecule has 2 amide bonds. The summed E-state index contributed by atoms with van der Waals surface area (Å²) in [4.78, 5) is 16.8. The zero-order valence-corrected chi connectivity index (χ0v) is 15.9. The van der Waals surface area contributed by atoms with Gasteiger partial charge in [-0.1, -0.05) is 36.4 Å². The summed E-state index contributed by atoms with van der Waals surface area (Å²) in [6, 6.07) is 12.5. The number of amides is 2. The van der Waals surface area contributed by atoms with Crippen molar-refractivity contribution in [2.45, 2.75) is 26.2 Å². The highest BCUT2D eigenvalue weighted by Gasteiger charge is 2.15. The third-order valence-corrected chi connectivity index (χ3v) is 4.53. The minimum absolute atomic E-state index is 0.0539. The highest BCUT2D eigenvalue weighted by molar-refractivity contribution is 6.12. The molecular weight excluding hydrogens is 354 g/mol. The molecule has 1 aromatic heterocycles. The number of hydrogen-bond acceptors (Lipinski definition) is 5. The fraction of sp³-hybridized carbons (Fsp3) is 0.286. The summed E-state index contributed by atoms with van der Waals surface area (Å²) in [5.74, 6) is 0.817. The Morgan fingerprint density at radius 2 is 2.04 bits per heavy atom. The van der Waals surface area contributed by atoms with Gasteiger partial charge in [-0.25, -0.2) is 9.78 Å². The van der Waals surface area contributed by atoms with Crippen LogP contribution in [-0.4, -0.2) is 34.9 Å². The van der Waals surface area contributed by atoms with Gasteiger partial charge in [-0.15, -0.1) is 0 Å². The number of urea groups is 1. The number of aliphatic hydroxyl groups is 1. The van der Waals surface area contributed by atoms with Gasteiger partial charge in [0, 0.05) is 30.8 Å². The molecule has 1 aliphatic rings. The van der Waals surface area contributed by atoms with Crippen molar-refractivity contribution in [3.8, 4) is 0 Å². The molecule has 0 aliphatic carbocycles. The number of aliphatic hydroxyl groups excluding tert-OH is 1. The Bertz CT molecular complexity index is 889. The van der Waals surface area contributed by atoms with Crippen molar-refractivity contribution >= 4 is 17.6 Å². The Hall–Kier alpha value is -3.35. The monoisotopic (exact) mass is 379 g/mol. The molecule has 5 N–H and O–H groups in total. The predicted molar refractivity (Wildman–Crippen MR) is 110 cm³/mol. The van der Waals surface area contributed by atoms with Crippen LogP contribution in [-0.2, 0) is 12.8 Å². The van der Waals surface area contributed by atoms with Gasteiger partial charge < -0.3 is 21.1 Å². The molecule has 1 aromatic carbocycles. The van der Waals surface area contributed by atoms with E-state index in [0.717, 1.165) is 30.9 Å². The van der Waals surface area contributed by atoms with Crippen LogP contribution in [0.2, 0.25) is 0 Å². The maximum Gasteiger partial charge on any atom is 0.319 e. The number of benzene rings is 1. The van der Waals surface area contributed by atoms with Crippen LogP contribution in [0.1, 0.15) is 30.2 Å². The third-order valence-electron chi connectivity index (χ3n) is 4.53. The average Bonchev–Trinajstić information content (AvgIpc) is 2.72. The molecule has 0 atom stereocenters. The van der Waals surface area contributed by atoms with Crippen molar-refractivity contribution < 1.29 is 9.90 Å². The summed E-state index contributed by atoms with van der Waals surface area (Å²) >= 11 is 0. The summed E-state index contributed by atoms with van der Waals surface area (Å²) in [5, 5.41) is 26.7. The first-order chi connectivity index (χ1) is 13.5. The van der Waals surface area contributed by atoms with Crippen molar-refractivity contribution in [1.29, 1.82) is 5.41 Å². The highest BCUT2D eigenvalue weighted by Crippen LogP contribution is 2.19. The number of anilines is 1. The lowest BCUT2D eigenvalue weighted by Gasteiger charge is -2.17.